The zero-order valence-electron chi connectivity index (χ0n) is 16.3. The van der Waals surface area contributed by atoms with Gasteiger partial charge in [-0.1, -0.05) is 35.9 Å². The Morgan fingerprint density at radius 3 is 2.79 bits per heavy atom. The normalized spacial score (nSPS) is 20.0. The molecule has 0 aliphatic carbocycles. The van der Waals surface area contributed by atoms with E-state index in [4.69, 9.17) is 30.6 Å². The Hall–Kier alpha value is -2.92. The van der Waals surface area contributed by atoms with Gasteiger partial charge in [0.15, 0.2) is 11.5 Å². The monoisotopic (exact) mass is 408 g/mol. The molecule has 5 nitrogen and oxygen atoms in total. The number of ether oxygens (including phenoxy) is 2. The minimum atomic E-state index is -0.402. The van der Waals surface area contributed by atoms with Crippen molar-refractivity contribution < 1.29 is 13.9 Å². The van der Waals surface area contributed by atoms with Crippen molar-refractivity contribution in [2.75, 3.05) is 6.61 Å². The number of rotatable bonds is 4. The summed E-state index contributed by atoms with van der Waals surface area (Å²) in [5, 5.41) is 7.58. The van der Waals surface area contributed by atoms with Gasteiger partial charge < -0.3 is 13.9 Å². The van der Waals surface area contributed by atoms with Crippen molar-refractivity contribution >= 4 is 17.3 Å². The molecule has 3 aromatic rings. The second-order valence-electron chi connectivity index (χ2n) is 7.19. The molecular weight excluding hydrogens is 388 g/mol. The number of halogens is 1. The average Bonchev–Trinajstić information content (AvgIpc) is 3.34. The molecule has 0 unspecified atom stereocenters. The van der Waals surface area contributed by atoms with Crippen molar-refractivity contribution in [2.24, 2.45) is 5.10 Å². The number of para-hydroxylation sites is 1. The van der Waals surface area contributed by atoms with Crippen LogP contribution in [-0.4, -0.2) is 17.3 Å². The summed E-state index contributed by atoms with van der Waals surface area (Å²) < 4.78 is 18.2. The minimum absolute atomic E-state index is 0.0311. The summed E-state index contributed by atoms with van der Waals surface area (Å²) in [7, 11) is 0. The standard InChI is InChI=1S/C23H21ClN2O3/c1-3-27-21-9-5-8-17-19-13-18(20-11-10-14(2)28-20)25-26(19)23(29-22(17)21)15-6-4-7-16(24)12-15/h4-12,19,23H,3,13H2,1-2H3/t19-,23-/m1/s1. The highest BCUT2D eigenvalue weighted by atomic mass is 35.5. The largest absolute Gasteiger partial charge is 0.490 e. The summed E-state index contributed by atoms with van der Waals surface area (Å²) in [5.74, 6) is 3.19. The highest BCUT2D eigenvalue weighted by Gasteiger charge is 2.42. The molecule has 2 aliphatic heterocycles. The van der Waals surface area contributed by atoms with E-state index in [-0.39, 0.29) is 6.04 Å². The molecule has 6 heteroatoms. The van der Waals surface area contributed by atoms with Gasteiger partial charge in [-0.2, -0.15) is 5.10 Å². The number of nitrogens with zero attached hydrogens (tertiary/aromatic N) is 2. The molecule has 3 heterocycles. The van der Waals surface area contributed by atoms with E-state index < -0.39 is 6.23 Å². The first-order chi connectivity index (χ1) is 14.1. The summed E-state index contributed by atoms with van der Waals surface area (Å²) in [6.45, 7) is 4.48. The van der Waals surface area contributed by atoms with Crippen LogP contribution in [0.5, 0.6) is 11.5 Å². The number of furan rings is 1. The maximum atomic E-state index is 6.46. The lowest BCUT2D eigenvalue weighted by molar-refractivity contribution is -0.0212. The van der Waals surface area contributed by atoms with Crippen LogP contribution in [-0.2, 0) is 0 Å². The van der Waals surface area contributed by atoms with E-state index in [0.717, 1.165) is 46.3 Å². The van der Waals surface area contributed by atoms with E-state index in [9.17, 15) is 0 Å². The van der Waals surface area contributed by atoms with Crippen LogP contribution in [0.25, 0.3) is 0 Å². The van der Waals surface area contributed by atoms with Gasteiger partial charge in [-0.3, -0.25) is 0 Å². The molecule has 148 valence electrons. The molecule has 0 amide bonds. The number of hydrogen-bond acceptors (Lipinski definition) is 5. The quantitative estimate of drug-likeness (QED) is 0.540. The third kappa shape index (κ3) is 3.15. The third-order valence-electron chi connectivity index (χ3n) is 5.24. The second kappa shape index (κ2) is 7.16. The molecule has 0 N–H and O–H groups in total. The maximum absolute atomic E-state index is 6.46. The summed E-state index contributed by atoms with van der Waals surface area (Å²) in [5.41, 5.74) is 2.92. The average molecular weight is 409 g/mol. The Bertz CT molecular complexity index is 1090. The van der Waals surface area contributed by atoms with Gasteiger partial charge in [-0.25, -0.2) is 5.01 Å². The third-order valence-corrected chi connectivity index (χ3v) is 5.47. The van der Waals surface area contributed by atoms with Gasteiger partial charge in [0.1, 0.15) is 17.2 Å². The van der Waals surface area contributed by atoms with Crippen molar-refractivity contribution in [3.63, 3.8) is 0 Å². The van der Waals surface area contributed by atoms with Crippen molar-refractivity contribution in [2.45, 2.75) is 32.5 Å². The van der Waals surface area contributed by atoms with Gasteiger partial charge in [0.2, 0.25) is 6.23 Å². The number of aryl methyl sites for hydroxylation is 1. The zero-order chi connectivity index (χ0) is 20.0. The lowest BCUT2D eigenvalue weighted by Gasteiger charge is -2.38. The lowest BCUT2D eigenvalue weighted by atomic mass is 9.97. The fourth-order valence-electron chi connectivity index (χ4n) is 3.97. The van der Waals surface area contributed by atoms with E-state index in [1.54, 1.807) is 0 Å². The van der Waals surface area contributed by atoms with Crippen LogP contribution in [0.4, 0.5) is 0 Å². The van der Waals surface area contributed by atoms with Gasteiger partial charge in [0.05, 0.1) is 12.6 Å². The van der Waals surface area contributed by atoms with Crippen LogP contribution in [0.1, 0.15) is 48.3 Å². The molecule has 5 rings (SSSR count). The van der Waals surface area contributed by atoms with Crippen molar-refractivity contribution in [3.05, 3.63) is 82.3 Å². The van der Waals surface area contributed by atoms with Gasteiger partial charge in [-0.15, -0.1) is 0 Å². The molecule has 0 radical (unpaired) electrons. The fourth-order valence-corrected chi connectivity index (χ4v) is 4.17. The number of fused-ring (bicyclic) bond motifs is 3. The predicted molar refractivity (Wildman–Crippen MR) is 112 cm³/mol. The Morgan fingerprint density at radius 2 is 2.03 bits per heavy atom. The van der Waals surface area contributed by atoms with Gasteiger partial charge >= 0.3 is 0 Å². The first-order valence-electron chi connectivity index (χ1n) is 9.74. The van der Waals surface area contributed by atoms with E-state index in [0.29, 0.717) is 11.6 Å². The molecule has 1 aromatic heterocycles. The van der Waals surface area contributed by atoms with Crippen LogP contribution in [0, 0.1) is 6.92 Å². The minimum Gasteiger partial charge on any atom is -0.490 e. The number of hydrogen-bond donors (Lipinski definition) is 0. The Labute approximate surface area is 174 Å². The van der Waals surface area contributed by atoms with Crippen LogP contribution in [0.3, 0.4) is 0 Å². The highest BCUT2D eigenvalue weighted by molar-refractivity contribution is 6.30. The summed E-state index contributed by atoms with van der Waals surface area (Å²) >= 11 is 6.27. The van der Waals surface area contributed by atoms with Crippen molar-refractivity contribution in [3.8, 4) is 11.5 Å². The first kappa shape index (κ1) is 18.1. The molecular formula is C23H21ClN2O3. The molecule has 0 bridgehead atoms. The molecule has 2 aromatic carbocycles. The SMILES string of the molecule is CCOc1cccc2c1O[C@H](c1cccc(Cl)c1)N1N=C(c3ccc(C)o3)C[C@H]21. The van der Waals surface area contributed by atoms with Crippen LogP contribution in [0.2, 0.25) is 5.02 Å². The second-order valence-corrected chi connectivity index (χ2v) is 7.63. The van der Waals surface area contributed by atoms with E-state index >= 15 is 0 Å². The maximum Gasteiger partial charge on any atom is 0.214 e. The van der Waals surface area contributed by atoms with Crippen LogP contribution >= 0.6 is 11.6 Å². The summed E-state index contributed by atoms with van der Waals surface area (Å²) in [4.78, 5) is 0. The van der Waals surface area contributed by atoms with Crippen molar-refractivity contribution in [1.29, 1.82) is 0 Å². The lowest BCUT2D eigenvalue weighted by Crippen LogP contribution is -2.33. The Kier molecular flexibility index (Phi) is 4.47. The molecule has 2 atom stereocenters. The van der Waals surface area contributed by atoms with Gasteiger partial charge in [-0.05, 0) is 44.2 Å². The van der Waals surface area contributed by atoms with Gasteiger partial charge in [0, 0.05) is 22.6 Å². The fraction of sp³-hybridized carbons (Fsp3) is 0.261. The molecule has 0 saturated carbocycles. The number of hydrazone groups is 1. The van der Waals surface area contributed by atoms with Crippen LogP contribution < -0.4 is 9.47 Å². The van der Waals surface area contributed by atoms with E-state index in [1.165, 1.54) is 0 Å². The van der Waals surface area contributed by atoms with E-state index in [1.807, 2.05) is 67.4 Å². The highest BCUT2D eigenvalue weighted by Crippen LogP contribution is 2.50. The summed E-state index contributed by atoms with van der Waals surface area (Å²) in [6, 6.07) is 17.7. The topological polar surface area (TPSA) is 47.2 Å². The smallest absolute Gasteiger partial charge is 0.214 e. The Morgan fingerprint density at radius 1 is 1.17 bits per heavy atom. The predicted octanol–water partition coefficient (Wildman–Crippen LogP) is 5.88. The molecule has 29 heavy (non-hydrogen) atoms. The molecule has 0 saturated heterocycles. The zero-order valence-corrected chi connectivity index (χ0v) is 17.0. The Balaban J connectivity index is 1.62. The first-order valence-corrected chi connectivity index (χ1v) is 10.1. The summed E-state index contributed by atoms with van der Waals surface area (Å²) in [6.07, 6.45) is 0.331. The van der Waals surface area contributed by atoms with E-state index in [2.05, 4.69) is 6.07 Å². The van der Waals surface area contributed by atoms with Gasteiger partial charge in [0.25, 0.3) is 0 Å². The molecule has 2 aliphatic rings. The van der Waals surface area contributed by atoms with Crippen LogP contribution in [0.15, 0.2) is 64.1 Å². The number of benzene rings is 2. The molecule has 0 fully saturated rings. The molecule has 0 spiro atoms. The van der Waals surface area contributed by atoms with Crippen molar-refractivity contribution in [1.82, 2.24) is 5.01 Å².